The highest BCUT2D eigenvalue weighted by atomic mass is 16.3. The molecule has 2 nitrogen and oxygen atoms in total. The Morgan fingerprint density at radius 2 is 1.68 bits per heavy atom. The second-order valence-electron chi connectivity index (χ2n) is 10.8. The van der Waals surface area contributed by atoms with Crippen molar-refractivity contribution in [3.63, 3.8) is 0 Å². The van der Waals surface area contributed by atoms with Crippen LogP contribution in [0.4, 0.5) is 0 Å². The molecule has 0 saturated heterocycles. The van der Waals surface area contributed by atoms with Crippen molar-refractivity contribution in [2.75, 3.05) is 6.54 Å². The number of nitrogens with zero attached hydrogens (tertiary/aromatic N) is 1. The van der Waals surface area contributed by atoms with Crippen LogP contribution in [0.5, 0.6) is 5.75 Å². The van der Waals surface area contributed by atoms with Crippen LogP contribution in [0.3, 0.4) is 0 Å². The molecular formula is C29H31NO. The summed E-state index contributed by atoms with van der Waals surface area (Å²) < 4.78 is 0. The zero-order chi connectivity index (χ0) is 21.1. The first-order valence-corrected chi connectivity index (χ1v) is 11.8. The third-order valence-corrected chi connectivity index (χ3v) is 8.44. The number of aryl methyl sites for hydroxylation is 1. The number of fused-ring (bicyclic) bond motifs is 1. The van der Waals surface area contributed by atoms with Crippen LogP contribution in [0.1, 0.15) is 55.2 Å². The number of phenolic OH excluding ortho intramolecular Hbond substituents is 1. The molecule has 0 aliphatic heterocycles. The molecule has 4 fully saturated rings. The zero-order valence-corrected chi connectivity index (χ0v) is 18.3. The van der Waals surface area contributed by atoms with Crippen LogP contribution in [0.25, 0.3) is 10.8 Å². The van der Waals surface area contributed by atoms with Gasteiger partial charge in [0, 0.05) is 18.3 Å². The summed E-state index contributed by atoms with van der Waals surface area (Å²) in [6, 6.07) is 21.4. The summed E-state index contributed by atoms with van der Waals surface area (Å²) in [4.78, 5) is 5.00. The molecule has 4 aliphatic carbocycles. The summed E-state index contributed by atoms with van der Waals surface area (Å²) in [7, 11) is 0. The van der Waals surface area contributed by atoms with Crippen molar-refractivity contribution >= 4 is 17.0 Å². The van der Waals surface area contributed by atoms with Gasteiger partial charge in [-0.25, -0.2) is 0 Å². The zero-order valence-electron chi connectivity index (χ0n) is 18.3. The highest BCUT2D eigenvalue weighted by Crippen LogP contribution is 2.65. The van der Waals surface area contributed by atoms with Crippen molar-refractivity contribution in [3.05, 3.63) is 77.4 Å². The molecule has 158 valence electrons. The number of aliphatic imine (C=N–C) groups is 1. The lowest BCUT2D eigenvalue weighted by atomic mass is 9.43. The second kappa shape index (κ2) is 6.95. The van der Waals surface area contributed by atoms with E-state index in [9.17, 15) is 5.11 Å². The van der Waals surface area contributed by atoms with E-state index in [0.717, 1.165) is 34.7 Å². The normalized spacial score (nSPS) is 31.6. The minimum absolute atomic E-state index is 0.323. The van der Waals surface area contributed by atoms with Gasteiger partial charge in [-0.3, -0.25) is 4.99 Å². The van der Waals surface area contributed by atoms with E-state index in [1.165, 1.54) is 44.1 Å². The maximum Gasteiger partial charge on any atom is 0.124 e. The number of phenols is 1. The Kier molecular flexibility index (Phi) is 4.28. The van der Waals surface area contributed by atoms with Gasteiger partial charge in [-0.15, -0.1) is 0 Å². The molecule has 2 heteroatoms. The largest absolute Gasteiger partial charge is 0.507 e. The fourth-order valence-corrected chi connectivity index (χ4v) is 7.63. The summed E-state index contributed by atoms with van der Waals surface area (Å²) in [5.41, 5.74) is 4.45. The lowest BCUT2D eigenvalue weighted by Crippen LogP contribution is -2.55. The summed E-state index contributed by atoms with van der Waals surface area (Å²) in [5, 5.41) is 12.7. The minimum atomic E-state index is 0.323. The van der Waals surface area contributed by atoms with Gasteiger partial charge < -0.3 is 5.11 Å². The number of aromatic hydroxyl groups is 1. The average molecular weight is 410 g/mol. The summed E-state index contributed by atoms with van der Waals surface area (Å²) >= 11 is 0. The quantitative estimate of drug-likeness (QED) is 0.472. The SMILES string of the molecule is Cc1ccc(C23C[C@@H]4C[C@@H](CC(CN=Cc5c(O)ccc6ccccc56)(C4)C2)C3)cc1. The van der Waals surface area contributed by atoms with E-state index in [1.807, 2.05) is 24.4 Å². The maximum atomic E-state index is 10.5. The molecular weight excluding hydrogens is 378 g/mol. The number of benzene rings is 3. The molecule has 3 aromatic rings. The van der Waals surface area contributed by atoms with Crippen molar-refractivity contribution in [2.45, 2.75) is 50.9 Å². The van der Waals surface area contributed by atoms with E-state index in [4.69, 9.17) is 4.99 Å². The third-order valence-electron chi connectivity index (χ3n) is 8.44. The molecule has 0 heterocycles. The standard InChI is InChI=1S/C29H31NO/c1-20-6-9-24(10-7-20)29-15-21-12-22(16-29)14-28(13-21,18-29)19-30-17-26-25-5-3-2-4-23(25)8-11-27(26)31/h2-11,17,21-22,31H,12-16,18-19H2,1H3/t21-,22+,28?,29?. The Labute approximate surface area is 185 Å². The molecule has 0 spiro atoms. The van der Waals surface area contributed by atoms with Crippen LogP contribution >= 0.6 is 0 Å². The molecule has 0 radical (unpaired) electrons. The Morgan fingerprint density at radius 1 is 0.935 bits per heavy atom. The molecule has 4 aliphatic rings. The predicted molar refractivity (Wildman–Crippen MR) is 128 cm³/mol. The summed E-state index contributed by atoms with van der Waals surface area (Å²) in [5.74, 6) is 2.02. The van der Waals surface area contributed by atoms with Crippen LogP contribution in [0.2, 0.25) is 0 Å². The molecule has 4 atom stereocenters. The van der Waals surface area contributed by atoms with Gasteiger partial charge >= 0.3 is 0 Å². The molecule has 4 bridgehead atoms. The molecule has 0 amide bonds. The molecule has 4 saturated carbocycles. The Bertz CT molecular complexity index is 1150. The van der Waals surface area contributed by atoms with E-state index < -0.39 is 0 Å². The monoisotopic (exact) mass is 409 g/mol. The maximum absolute atomic E-state index is 10.5. The van der Waals surface area contributed by atoms with Crippen LogP contribution in [-0.2, 0) is 5.41 Å². The van der Waals surface area contributed by atoms with E-state index in [2.05, 4.69) is 43.3 Å². The van der Waals surface area contributed by atoms with Crippen molar-refractivity contribution < 1.29 is 5.11 Å². The van der Waals surface area contributed by atoms with E-state index in [-0.39, 0.29) is 0 Å². The molecule has 0 aromatic heterocycles. The lowest BCUT2D eigenvalue weighted by molar-refractivity contribution is -0.0663. The Morgan fingerprint density at radius 3 is 2.45 bits per heavy atom. The molecule has 2 unspecified atom stereocenters. The molecule has 7 rings (SSSR count). The van der Waals surface area contributed by atoms with E-state index in [0.29, 0.717) is 16.6 Å². The van der Waals surface area contributed by atoms with Crippen LogP contribution in [0.15, 0.2) is 65.7 Å². The summed E-state index contributed by atoms with van der Waals surface area (Å²) in [6.45, 7) is 3.07. The third kappa shape index (κ3) is 3.19. The van der Waals surface area contributed by atoms with Crippen molar-refractivity contribution in [1.82, 2.24) is 0 Å². The van der Waals surface area contributed by atoms with Gasteiger partial charge in [-0.1, -0.05) is 60.2 Å². The van der Waals surface area contributed by atoms with E-state index in [1.54, 1.807) is 11.6 Å². The van der Waals surface area contributed by atoms with Gasteiger partial charge in [0.1, 0.15) is 5.75 Å². The molecule has 1 N–H and O–H groups in total. The van der Waals surface area contributed by atoms with Gasteiger partial charge in [0.25, 0.3) is 0 Å². The minimum Gasteiger partial charge on any atom is -0.507 e. The number of rotatable bonds is 4. The first-order valence-electron chi connectivity index (χ1n) is 11.8. The topological polar surface area (TPSA) is 32.6 Å². The van der Waals surface area contributed by atoms with Crippen LogP contribution < -0.4 is 0 Å². The van der Waals surface area contributed by atoms with Crippen LogP contribution in [0, 0.1) is 24.2 Å². The molecule has 31 heavy (non-hydrogen) atoms. The Hall–Kier alpha value is -2.61. The van der Waals surface area contributed by atoms with Crippen molar-refractivity contribution in [3.8, 4) is 5.75 Å². The van der Waals surface area contributed by atoms with Gasteiger partial charge in [-0.05, 0) is 90.5 Å². The fraction of sp³-hybridized carbons (Fsp3) is 0.414. The summed E-state index contributed by atoms with van der Waals surface area (Å²) in [6.07, 6.45) is 10.0. The highest BCUT2D eigenvalue weighted by Gasteiger charge is 2.57. The first kappa shape index (κ1) is 19.1. The first-order chi connectivity index (χ1) is 15.0. The van der Waals surface area contributed by atoms with E-state index >= 15 is 0 Å². The number of hydrogen-bond donors (Lipinski definition) is 1. The fourth-order valence-electron chi connectivity index (χ4n) is 7.63. The van der Waals surface area contributed by atoms with Gasteiger partial charge in [0.2, 0.25) is 0 Å². The van der Waals surface area contributed by atoms with Crippen molar-refractivity contribution in [2.24, 2.45) is 22.2 Å². The second-order valence-corrected chi connectivity index (χ2v) is 10.8. The van der Waals surface area contributed by atoms with Gasteiger partial charge in [-0.2, -0.15) is 0 Å². The van der Waals surface area contributed by atoms with Gasteiger partial charge in [0.15, 0.2) is 0 Å². The number of hydrogen-bond acceptors (Lipinski definition) is 2. The Balaban J connectivity index is 1.31. The smallest absolute Gasteiger partial charge is 0.124 e. The average Bonchev–Trinajstić information content (AvgIpc) is 2.75. The predicted octanol–water partition coefficient (Wildman–Crippen LogP) is 6.81. The lowest BCUT2D eigenvalue weighted by Gasteiger charge is -2.62. The van der Waals surface area contributed by atoms with Crippen LogP contribution in [-0.4, -0.2) is 17.9 Å². The highest BCUT2D eigenvalue weighted by molar-refractivity contribution is 6.02. The molecule has 3 aromatic carbocycles. The van der Waals surface area contributed by atoms with Gasteiger partial charge in [0.05, 0.1) is 0 Å². The van der Waals surface area contributed by atoms with Crippen molar-refractivity contribution in [1.29, 1.82) is 0 Å².